The number of hydrogen-bond donors (Lipinski definition) is 1. The van der Waals surface area contributed by atoms with Crippen LogP contribution in [0.5, 0.6) is 0 Å². The van der Waals surface area contributed by atoms with Crippen molar-refractivity contribution in [1.82, 2.24) is 15.1 Å². The third-order valence-electron chi connectivity index (χ3n) is 2.16. The molecule has 1 N–H and O–H groups in total. The van der Waals surface area contributed by atoms with Gasteiger partial charge in [-0.2, -0.15) is 5.10 Å². The highest BCUT2D eigenvalue weighted by Crippen LogP contribution is 2.01. The normalized spacial score (nSPS) is 23.3. The van der Waals surface area contributed by atoms with E-state index < -0.39 is 0 Å². The Hall–Kier alpha value is -0.870. The Morgan fingerprint density at radius 2 is 2.69 bits per heavy atom. The fourth-order valence-corrected chi connectivity index (χ4v) is 1.51. The summed E-state index contributed by atoms with van der Waals surface area (Å²) in [6.45, 7) is 5.60. The number of aromatic nitrogens is 2. The Kier molecular flexibility index (Phi) is 2.61. The molecule has 72 valence electrons. The minimum Gasteiger partial charge on any atom is -0.374 e. The topological polar surface area (TPSA) is 39.1 Å². The van der Waals surface area contributed by atoms with Crippen molar-refractivity contribution in [3.8, 4) is 0 Å². The Morgan fingerprint density at radius 1 is 1.77 bits per heavy atom. The number of hydrogen-bond acceptors (Lipinski definition) is 3. The van der Waals surface area contributed by atoms with E-state index in [4.69, 9.17) is 4.74 Å². The van der Waals surface area contributed by atoms with Gasteiger partial charge in [0, 0.05) is 19.3 Å². The first-order chi connectivity index (χ1) is 6.34. The van der Waals surface area contributed by atoms with Gasteiger partial charge in [0.15, 0.2) is 0 Å². The number of nitrogens with one attached hydrogen (secondary N) is 1. The molecule has 0 bridgehead atoms. The predicted octanol–water partition coefficient (Wildman–Crippen LogP) is 0.180. The first-order valence-corrected chi connectivity index (χ1v) is 4.66. The van der Waals surface area contributed by atoms with Crippen LogP contribution in [0.3, 0.4) is 0 Å². The summed E-state index contributed by atoms with van der Waals surface area (Å²) in [7, 11) is 0. The Bertz CT molecular complexity index is 266. The molecule has 1 aromatic rings. The van der Waals surface area contributed by atoms with Gasteiger partial charge in [0.25, 0.3) is 0 Å². The average molecular weight is 181 g/mol. The van der Waals surface area contributed by atoms with Crippen molar-refractivity contribution in [3.63, 3.8) is 0 Å². The molecule has 1 fully saturated rings. The Morgan fingerprint density at radius 3 is 3.31 bits per heavy atom. The molecule has 0 radical (unpaired) electrons. The molecule has 0 aromatic carbocycles. The molecule has 13 heavy (non-hydrogen) atoms. The zero-order valence-corrected chi connectivity index (χ0v) is 7.86. The molecule has 2 heterocycles. The molecule has 1 aromatic heterocycles. The van der Waals surface area contributed by atoms with Gasteiger partial charge in [0.1, 0.15) is 0 Å². The van der Waals surface area contributed by atoms with Crippen LogP contribution in [-0.2, 0) is 11.3 Å². The fraction of sp³-hybridized carbons (Fsp3) is 0.667. The third-order valence-corrected chi connectivity index (χ3v) is 2.16. The van der Waals surface area contributed by atoms with E-state index in [2.05, 4.69) is 10.4 Å². The number of aryl methyl sites for hydroxylation is 1. The van der Waals surface area contributed by atoms with Crippen molar-refractivity contribution in [2.24, 2.45) is 0 Å². The van der Waals surface area contributed by atoms with E-state index in [0.29, 0.717) is 0 Å². The van der Waals surface area contributed by atoms with Gasteiger partial charge in [-0.3, -0.25) is 4.68 Å². The zero-order chi connectivity index (χ0) is 9.10. The lowest BCUT2D eigenvalue weighted by molar-refractivity contribution is 0.0161. The van der Waals surface area contributed by atoms with E-state index in [1.54, 1.807) is 0 Å². The lowest BCUT2D eigenvalue weighted by Crippen LogP contribution is -2.40. The van der Waals surface area contributed by atoms with Crippen molar-refractivity contribution in [1.29, 1.82) is 0 Å². The summed E-state index contributed by atoms with van der Waals surface area (Å²) < 4.78 is 7.51. The molecule has 0 amide bonds. The third kappa shape index (κ3) is 2.29. The minimum atomic E-state index is 0.271. The van der Waals surface area contributed by atoms with Crippen LogP contribution in [0, 0.1) is 6.92 Å². The van der Waals surface area contributed by atoms with E-state index in [1.165, 1.54) is 5.56 Å². The molecule has 1 aliphatic heterocycles. The maximum absolute atomic E-state index is 5.57. The van der Waals surface area contributed by atoms with Gasteiger partial charge >= 0.3 is 0 Å². The maximum Gasteiger partial charge on any atom is 0.0895 e. The quantitative estimate of drug-likeness (QED) is 0.707. The molecular formula is C9H15N3O. The minimum absolute atomic E-state index is 0.271. The van der Waals surface area contributed by atoms with Gasteiger partial charge in [-0.05, 0) is 12.5 Å². The average Bonchev–Trinajstić information content (AvgIpc) is 2.53. The predicted molar refractivity (Wildman–Crippen MR) is 49.6 cm³/mol. The van der Waals surface area contributed by atoms with E-state index in [9.17, 15) is 0 Å². The molecule has 0 aliphatic carbocycles. The number of rotatable bonds is 2. The van der Waals surface area contributed by atoms with Crippen molar-refractivity contribution in [3.05, 3.63) is 18.0 Å². The summed E-state index contributed by atoms with van der Waals surface area (Å²) in [4.78, 5) is 0. The standard InChI is InChI=1S/C9H15N3O/c1-8-4-11-12(6-8)7-9-5-10-2-3-13-9/h4,6,9-10H,2-3,5,7H2,1H3/t9-/m1/s1. The zero-order valence-electron chi connectivity index (χ0n) is 7.86. The molecule has 4 nitrogen and oxygen atoms in total. The van der Waals surface area contributed by atoms with E-state index >= 15 is 0 Å². The van der Waals surface area contributed by atoms with Gasteiger partial charge in [-0.15, -0.1) is 0 Å². The lowest BCUT2D eigenvalue weighted by Gasteiger charge is -2.23. The smallest absolute Gasteiger partial charge is 0.0895 e. The van der Waals surface area contributed by atoms with Crippen LogP contribution in [-0.4, -0.2) is 35.6 Å². The van der Waals surface area contributed by atoms with Crippen LogP contribution in [0.25, 0.3) is 0 Å². The molecule has 1 saturated heterocycles. The van der Waals surface area contributed by atoms with Crippen LogP contribution >= 0.6 is 0 Å². The molecule has 2 rings (SSSR count). The summed E-state index contributed by atoms with van der Waals surface area (Å²) in [5.41, 5.74) is 1.20. The highest BCUT2D eigenvalue weighted by atomic mass is 16.5. The summed E-state index contributed by atoms with van der Waals surface area (Å²) >= 11 is 0. The molecule has 1 atom stereocenters. The van der Waals surface area contributed by atoms with Gasteiger partial charge in [0.2, 0.25) is 0 Å². The van der Waals surface area contributed by atoms with Crippen LogP contribution in [0.1, 0.15) is 5.56 Å². The van der Waals surface area contributed by atoms with Crippen LogP contribution < -0.4 is 5.32 Å². The largest absolute Gasteiger partial charge is 0.374 e. The van der Waals surface area contributed by atoms with Crippen LogP contribution in [0.15, 0.2) is 12.4 Å². The van der Waals surface area contributed by atoms with Crippen LogP contribution in [0.2, 0.25) is 0 Å². The van der Waals surface area contributed by atoms with E-state index in [-0.39, 0.29) is 6.10 Å². The second-order valence-electron chi connectivity index (χ2n) is 3.44. The first-order valence-electron chi connectivity index (χ1n) is 4.66. The number of ether oxygens (including phenoxy) is 1. The molecular weight excluding hydrogens is 166 g/mol. The molecule has 0 unspecified atom stereocenters. The second-order valence-corrected chi connectivity index (χ2v) is 3.44. The molecule has 0 spiro atoms. The highest BCUT2D eigenvalue weighted by molar-refractivity contribution is 4.99. The van der Waals surface area contributed by atoms with Gasteiger partial charge in [-0.25, -0.2) is 0 Å². The summed E-state index contributed by atoms with van der Waals surface area (Å²) in [6, 6.07) is 0. The molecule has 0 saturated carbocycles. The van der Waals surface area contributed by atoms with Crippen molar-refractivity contribution in [2.75, 3.05) is 19.7 Å². The Labute approximate surface area is 77.9 Å². The van der Waals surface area contributed by atoms with Crippen molar-refractivity contribution in [2.45, 2.75) is 19.6 Å². The van der Waals surface area contributed by atoms with Gasteiger partial charge < -0.3 is 10.1 Å². The SMILES string of the molecule is Cc1cnn(C[C@H]2CNCCO2)c1. The van der Waals surface area contributed by atoms with E-state index in [0.717, 1.165) is 26.2 Å². The second kappa shape index (κ2) is 3.89. The molecule has 1 aliphatic rings. The van der Waals surface area contributed by atoms with Gasteiger partial charge in [-0.1, -0.05) is 0 Å². The van der Waals surface area contributed by atoms with E-state index in [1.807, 2.05) is 24.0 Å². The van der Waals surface area contributed by atoms with Crippen molar-refractivity contribution < 1.29 is 4.74 Å². The summed E-state index contributed by atoms with van der Waals surface area (Å²) in [5, 5.41) is 7.51. The summed E-state index contributed by atoms with van der Waals surface area (Å²) in [5.74, 6) is 0. The maximum atomic E-state index is 5.57. The van der Waals surface area contributed by atoms with Gasteiger partial charge in [0.05, 0.1) is 25.5 Å². The Balaban J connectivity index is 1.89. The number of nitrogens with zero attached hydrogens (tertiary/aromatic N) is 2. The summed E-state index contributed by atoms with van der Waals surface area (Å²) in [6.07, 6.45) is 4.18. The number of morpholine rings is 1. The first kappa shape index (κ1) is 8.72. The lowest BCUT2D eigenvalue weighted by atomic mass is 10.3. The monoisotopic (exact) mass is 181 g/mol. The molecule has 4 heteroatoms. The van der Waals surface area contributed by atoms with Crippen molar-refractivity contribution >= 4 is 0 Å². The van der Waals surface area contributed by atoms with Crippen LogP contribution in [0.4, 0.5) is 0 Å². The fourth-order valence-electron chi connectivity index (χ4n) is 1.51. The highest BCUT2D eigenvalue weighted by Gasteiger charge is 2.13.